The second-order valence-corrected chi connectivity index (χ2v) is 8.09. The highest BCUT2D eigenvalue weighted by Gasteiger charge is 2.37. The zero-order valence-corrected chi connectivity index (χ0v) is 16.7. The molecule has 1 saturated heterocycles. The minimum atomic E-state index is -0.321. The number of piperidine rings is 1. The standard InChI is InChI=1S/C21H20ClN5O2/c1-11-13-9-16-17(25-19(24-16)18-15(22)3-6-23-20(18)28)10-14(13)21(29)27(11)12-4-7-26(2)8-5-12/h3,6,9-10,12H,1,4-5,7-8H2,2H3,(H,23,28)(H,24,25). The van der Waals surface area contributed by atoms with Crippen LogP contribution in [0.5, 0.6) is 0 Å². The van der Waals surface area contributed by atoms with Crippen molar-refractivity contribution < 1.29 is 4.79 Å². The first-order valence-electron chi connectivity index (χ1n) is 9.56. The van der Waals surface area contributed by atoms with Crippen LogP contribution in [0.4, 0.5) is 0 Å². The number of halogens is 1. The monoisotopic (exact) mass is 409 g/mol. The van der Waals surface area contributed by atoms with E-state index in [2.05, 4.69) is 33.5 Å². The van der Waals surface area contributed by atoms with Gasteiger partial charge < -0.3 is 19.8 Å². The van der Waals surface area contributed by atoms with Crippen LogP contribution < -0.4 is 5.56 Å². The topological polar surface area (TPSA) is 85.1 Å². The molecule has 3 aromatic rings. The number of fused-ring (bicyclic) bond motifs is 2. The smallest absolute Gasteiger partial charge is 0.260 e. The van der Waals surface area contributed by atoms with Crippen LogP contribution in [0.1, 0.15) is 28.8 Å². The lowest BCUT2D eigenvalue weighted by Gasteiger charge is -2.35. The summed E-state index contributed by atoms with van der Waals surface area (Å²) in [6, 6.07) is 5.44. The van der Waals surface area contributed by atoms with Crippen LogP contribution >= 0.6 is 11.6 Å². The zero-order valence-electron chi connectivity index (χ0n) is 16.0. The molecule has 1 fully saturated rings. The van der Waals surface area contributed by atoms with Crippen molar-refractivity contribution in [1.29, 1.82) is 0 Å². The molecule has 8 heteroatoms. The van der Waals surface area contributed by atoms with Crippen LogP contribution in [0.3, 0.4) is 0 Å². The minimum Gasteiger partial charge on any atom is -0.338 e. The fourth-order valence-electron chi connectivity index (χ4n) is 4.29. The highest BCUT2D eigenvalue weighted by molar-refractivity contribution is 6.33. The predicted octanol–water partition coefficient (Wildman–Crippen LogP) is 3.09. The van der Waals surface area contributed by atoms with Crippen LogP contribution in [0, 0.1) is 0 Å². The summed E-state index contributed by atoms with van der Waals surface area (Å²) in [7, 11) is 2.10. The maximum Gasteiger partial charge on any atom is 0.260 e. The van der Waals surface area contributed by atoms with Gasteiger partial charge in [0.25, 0.3) is 11.5 Å². The lowest BCUT2D eigenvalue weighted by Crippen LogP contribution is -2.43. The molecule has 0 radical (unpaired) electrons. The number of aromatic nitrogens is 3. The van der Waals surface area contributed by atoms with Crippen molar-refractivity contribution in [3.63, 3.8) is 0 Å². The van der Waals surface area contributed by atoms with Crippen molar-refractivity contribution in [2.45, 2.75) is 18.9 Å². The SMILES string of the molecule is C=C1c2cc3[nH]c(-c4c(Cl)cc[nH]c4=O)nc3cc2C(=O)N1C1CCN(C)CC1. The number of carbonyl (C=O) groups is 1. The van der Waals surface area contributed by atoms with E-state index in [0.717, 1.165) is 42.7 Å². The fraction of sp³-hybridized carbons (Fsp3) is 0.286. The average Bonchev–Trinajstić information content (AvgIpc) is 3.20. The highest BCUT2D eigenvalue weighted by Crippen LogP contribution is 2.38. The molecule has 1 aromatic carbocycles. The number of hydrogen-bond donors (Lipinski definition) is 2. The molecule has 2 aromatic heterocycles. The Morgan fingerprint density at radius 2 is 1.97 bits per heavy atom. The molecule has 0 unspecified atom stereocenters. The molecule has 0 saturated carbocycles. The Hall–Kier alpha value is -2.90. The van der Waals surface area contributed by atoms with Gasteiger partial charge in [-0.2, -0.15) is 0 Å². The molecule has 0 spiro atoms. The number of likely N-dealkylation sites (tertiary alicyclic amines) is 1. The number of nitrogens with one attached hydrogen (secondary N) is 2. The van der Waals surface area contributed by atoms with Crippen molar-refractivity contribution in [3.8, 4) is 11.4 Å². The number of nitrogens with zero attached hydrogens (tertiary/aromatic N) is 3. The maximum atomic E-state index is 13.2. The van der Waals surface area contributed by atoms with Gasteiger partial charge in [-0.25, -0.2) is 4.98 Å². The number of aromatic amines is 2. The number of rotatable bonds is 2. The Morgan fingerprint density at radius 3 is 2.69 bits per heavy atom. The van der Waals surface area contributed by atoms with Crippen LogP contribution in [0.15, 0.2) is 35.8 Å². The molecule has 2 aliphatic rings. The Balaban J connectivity index is 1.55. The molecule has 1 amide bonds. The van der Waals surface area contributed by atoms with Crippen molar-refractivity contribution in [2.75, 3.05) is 20.1 Å². The molecule has 0 atom stereocenters. The van der Waals surface area contributed by atoms with Crippen molar-refractivity contribution in [3.05, 3.63) is 57.5 Å². The van der Waals surface area contributed by atoms with Gasteiger partial charge in [0.15, 0.2) is 0 Å². The van der Waals surface area contributed by atoms with Crippen molar-refractivity contribution in [1.82, 2.24) is 24.8 Å². The van der Waals surface area contributed by atoms with Gasteiger partial charge in [-0.15, -0.1) is 0 Å². The Bertz CT molecular complexity index is 1170. The van der Waals surface area contributed by atoms with E-state index in [1.807, 2.05) is 11.0 Å². The van der Waals surface area contributed by atoms with E-state index in [1.165, 1.54) is 6.20 Å². The zero-order chi connectivity index (χ0) is 20.3. The third-order valence-electron chi connectivity index (χ3n) is 5.87. The maximum absolute atomic E-state index is 13.2. The van der Waals surface area contributed by atoms with E-state index < -0.39 is 0 Å². The number of pyridine rings is 1. The van der Waals surface area contributed by atoms with Gasteiger partial charge in [0.05, 0.1) is 21.6 Å². The first-order chi connectivity index (χ1) is 13.9. The summed E-state index contributed by atoms with van der Waals surface area (Å²) in [5, 5.41) is 0.314. The summed E-state index contributed by atoms with van der Waals surface area (Å²) in [6.07, 6.45) is 3.36. The van der Waals surface area contributed by atoms with Gasteiger partial charge in [0, 0.05) is 23.5 Å². The molecule has 0 bridgehead atoms. The number of benzene rings is 1. The molecular weight excluding hydrogens is 390 g/mol. The largest absolute Gasteiger partial charge is 0.338 e. The van der Waals surface area contributed by atoms with E-state index in [-0.39, 0.29) is 23.1 Å². The lowest BCUT2D eigenvalue weighted by atomic mass is 10.0. The Morgan fingerprint density at radius 1 is 1.21 bits per heavy atom. The van der Waals surface area contributed by atoms with Gasteiger partial charge in [-0.05, 0) is 51.2 Å². The third-order valence-corrected chi connectivity index (χ3v) is 6.19. The first-order valence-corrected chi connectivity index (χ1v) is 9.94. The predicted molar refractivity (Wildman–Crippen MR) is 113 cm³/mol. The highest BCUT2D eigenvalue weighted by atomic mass is 35.5. The van der Waals surface area contributed by atoms with E-state index in [4.69, 9.17) is 11.6 Å². The molecule has 2 N–H and O–H groups in total. The lowest BCUT2D eigenvalue weighted by molar-refractivity contribution is 0.0749. The molecule has 7 nitrogen and oxygen atoms in total. The number of imidazole rings is 1. The summed E-state index contributed by atoms with van der Waals surface area (Å²) < 4.78 is 0. The van der Waals surface area contributed by atoms with Gasteiger partial charge >= 0.3 is 0 Å². The second kappa shape index (κ2) is 6.57. The molecule has 29 heavy (non-hydrogen) atoms. The molecule has 2 aliphatic heterocycles. The average molecular weight is 410 g/mol. The number of carbonyl (C=O) groups excluding carboxylic acids is 1. The fourth-order valence-corrected chi connectivity index (χ4v) is 4.53. The van der Waals surface area contributed by atoms with Crippen molar-refractivity contribution >= 4 is 34.2 Å². The number of hydrogen-bond acceptors (Lipinski definition) is 4. The summed E-state index contributed by atoms with van der Waals surface area (Å²) in [5.74, 6) is 0.349. The van der Waals surface area contributed by atoms with Gasteiger partial charge in [0.1, 0.15) is 11.4 Å². The summed E-state index contributed by atoms with van der Waals surface area (Å²) in [6.45, 7) is 6.14. The van der Waals surface area contributed by atoms with Gasteiger partial charge in [-0.1, -0.05) is 18.2 Å². The van der Waals surface area contributed by atoms with Crippen LogP contribution in [-0.2, 0) is 0 Å². The summed E-state index contributed by atoms with van der Waals surface area (Å²) in [4.78, 5) is 39.8. The van der Waals surface area contributed by atoms with Gasteiger partial charge in [-0.3, -0.25) is 9.59 Å². The number of amides is 1. The quantitative estimate of drug-likeness (QED) is 0.681. The Kier molecular flexibility index (Phi) is 4.11. The molecule has 4 heterocycles. The van der Waals surface area contributed by atoms with E-state index in [1.54, 1.807) is 12.1 Å². The molecule has 5 rings (SSSR count). The minimum absolute atomic E-state index is 0.0263. The third kappa shape index (κ3) is 2.81. The van der Waals surface area contributed by atoms with E-state index in [9.17, 15) is 9.59 Å². The first kappa shape index (κ1) is 18.1. The molecule has 0 aliphatic carbocycles. The van der Waals surface area contributed by atoms with Gasteiger partial charge in [0.2, 0.25) is 0 Å². The Labute approximate surface area is 172 Å². The molecular formula is C21H20ClN5O2. The van der Waals surface area contributed by atoms with Crippen LogP contribution in [-0.4, -0.2) is 56.8 Å². The molecule has 148 valence electrons. The van der Waals surface area contributed by atoms with Crippen LogP contribution in [0.2, 0.25) is 5.02 Å². The summed E-state index contributed by atoms with van der Waals surface area (Å²) >= 11 is 6.20. The van der Waals surface area contributed by atoms with Crippen molar-refractivity contribution in [2.24, 2.45) is 0 Å². The van der Waals surface area contributed by atoms with Crippen LogP contribution in [0.25, 0.3) is 28.1 Å². The summed E-state index contributed by atoms with van der Waals surface area (Å²) in [5.41, 5.74) is 3.45. The van der Waals surface area contributed by atoms with E-state index >= 15 is 0 Å². The van der Waals surface area contributed by atoms with E-state index in [0.29, 0.717) is 21.9 Å². The number of H-pyrrole nitrogens is 2. The normalized spacial score (nSPS) is 18.1. The second-order valence-electron chi connectivity index (χ2n) is 7.69.